The van der Waals surface area contributed by atoms with Gasteiger partial charge in [0.1, 0.15) is 11.5 Å². The van der Waals surface area contributed by atoms with E-state index in [9.17, 15) is 0 Å². The number of hydrogen-bond acceptors (Lipinski definition) is 4. The van der Waals surface area contributed by atoms with Crippen molar-refractivity contribution in [1.29, 1.82) is 0 Å². The molecule has 31 heavy (non-hydrogen) atoms. The predicted octanol–water partition coefficient (Wildman–Crippen LogP) is 6.24. The molecule has 2 rings (SSSR count). The van der Waals surface area contributed by atoms with Gasteiger partial charge >= 0.3 is 0 Å². The fourth-order valence-electron chi connectivity index (χ4n) is 3.49. The Morgan fingerprint density at radius 2 is 1.06 bits per heavy atom. The van der Waals surface area contributed by atoms with Crippen LogP contribution in [0.5, 0.6) is 11.5 Å². The minimum absolute atomic E-state index is 0.0590. The van der Waals surface area contributed by atoms with Crippen LogP contribution in [-0.4, -0.2) is 36.6 Å². The Morgan fingerprint density at radius 1 is 0.613 bits per heavy atom. The number of unbranched alkanes of at least 4 members (excludes halogenated alkanes) is 6. The van der Waals surface area contributed by atoms with E-state index in [1.807, 2.05) is 24.3 Å². The molecule has 0 saturated heterocycles. The summed E-state index contributed by atoms with van der Waals surface area (Å²) in [6, 6.07) is 16.6. The summed E-state index contributed by atoms with van der Waals surface area (Å²) in [5, 5.41) is 18.1. The summed E-state index contributed by atoms with van der Waals surface area (Å²) in [5.74, 6) is 1.91. The van der Waals surface area contributed by atoms with E-state index >= 15 is 0 Å². The van der Waals surface area contributed by atoms with E-state index in [4.69, 9.17) is 19.7 Å². The smallest absolute Gasteiger partial charge is 0.119 e. The Bertz CT molecular complexity index is 677. The van der Waals surface area contributed by atoms with Crippen LogP contribution in [0.3, 0.4) is 0 Å². The van der Waals surface area contributed by atoms with E-state index in [1.54, 1.807) is 0 Å². The van der Waals surface area contributed by atoms with Gasteiger partial charge < -0.3 is 19.7 Å². The third-order valence-electron chi connectivity index (χ3n) is 5.60. The Morgan fingerprint density at radius 3 is 1.55 bits per heavy atom. The Labute approximate surface area is 188 Å². The summed E-state index contributed by atoms with van der Waals surface area (Å²) < 4.78 is 11.6. The first kappa shape index (κ1) is 25.2. The number of rotatable bonds is 17. The van der Waals surface area contributed by atoms with Crippen molar-refractivity contribution in [3.63, 3.8) is 0 Å². The maximum absolute atomic E-state index is 9.06. The maximum atomic E-state index is 9.06. The molecule has 4 nitrogen and oxygen atoms in total. The molecule has 0 aliphatic rings. The van der Waals surface area contributed by atoms with Crippen molar-refractivity contribution in [3.8, 4) is 22.6 Å². The zero-order valence-electron chi connectivity index (χ0n) is 19.1. The molecule has 2 N–H and O–H groups in total. The van der Waals surface area contributed by atoms with Gasteiger partial charge in [-0.1, -0.05) is 69.7 Å². The fourth-order valence-corrected chi connectivity index (χ4v) is 3.49. The van der Waals surface area contributed by atoms with Crippen molar-refractivity contribution in [2.24, 2.45) is 5.92 Å². The summed E-state index contributed by atoms with van der Waals surface area (Å²) in [6.07, 6.45) is 10.1. The molecule has 0 saturated carbocycles. The monoisotopic (exact) mass is 428 g/mol. The number of aliphatic hydroxyl groups excluding tert-OH is 2. The third-order valence-corrected chi connectivity index (χ3v) is 5.60. The molecule has 0 aliphatic heterocycles. The van der Waals surface area contributed by atoms with Crippen molar-refractivity contribution < 1.29 is 19.7 Å². The largest absolute Gasteiger partial charge is 0.494 e. The number of aliphatic hydroxyl groups is 2. The van der Waals surface area contributed by atoms with Gasteiger partial charge in [0, 0.05) is 19.1 Å². The first-order chi connectivity index (χ1) is 15.3. The van der Waals surface area contributed by atoms with Crippen LogP contribution in [-0.2, 0) is 0 Å². The molecule has 172 valence electrons. The lowest BCUT2D eigenvalue weighted by molar-refractivity contribution is 0.141. The van der Waals surface area contributed by atoms with Crippen molar-refractivity contribution in [1.82, 2.24) is 0 Å². The Balaban J connectivity index is 1.59. The lowest BCUT2D eigenvalue weighted by atomic mass is 10.0. The summed E-state index contributed by atoms with van der Waals surface area (Å²) in [4.78, 5) is 0. The quantitative estimate of drug-likeness (QED) is 0.293. The van der Waals surface area contributed by atoms with E-state index in [-0.39, 0.29) is 19.1 Å². The van der Waals surface area contributed by atoms with Gasteiger partial charge in [0.2, 0.25) is 0 Å². The van der Waals surface area contributed by atoms with E-state index in [0.29, 0.717) is 0 Å². The molecule has 0 heterocycles. The van der Waals surface area contributed by atoms with Crippen LogP contribution in [0.1, 0.15) is 64.7 Å². The molecule has 0 radical (unpaired) electrons. The van der Waals surface area contributed by atoms with Crippen molar-refractivity contribution in [2.45, 2.75) is 64.7 Å². The Kier molecular flexibility index (Phi) is 12.8. The molecular weight excluding hydrogens is 388 g/mol. The Hall–Kier alpha value is -2.04. The summed E-state index contributed by atoms with van der Waals surface area (Å²) in [6.45, 7) is 3.88. The maximum Gasteiger partial charge on any atom is 0.119 e. The van der Waals surface area contributed by atoms with Crippen LogP contribution in [0.2, 0.25) is 0 Å². The lowest BCUT2D eigenvalue weighted by Crippen LogP contribution is -2.10. The highest BCUT2D eigenvalue weighted by Crippen LogP contribution is 2.25. The molecule has 0 bridgehead atoms. The van der Waals surface area contributed by atoms with Crippen LogP contribution in [0.4, 0.5) is 0 Å². The minimum Gasteiger partial charge on any atom is -0.494 e. The molecule has 2 aromatic rings. The van der Waals surface area contributed by atoms with Gasteiger partial charge in [-0.25, -0.2) is 0 Å². The molecule has 0 aliphatic carbocycles. The number of ether oxygens (including phenoxy) is 2. The second-order valence-electron chi connectivity index (χ2n) is 8.24. The molecular formula is C27H40O4. The van der Waals surface area contributed by atoms with E-state index in [0.717, 1.165) is 56.8 Å². The van der Waals surface area contributed by atoms with Crippen molar-refractivity contribution in [3.05, 3.63) is 48.5 Å². The lowest BCUT2D eigenvalue weighted by Gasteiger charge is -2.10. The topological polar surface area (TPSA) is 58.9 Å². The summed E-state index contributed by atoms with van der Waals surface area (Å²) >= 11 is 0. The SMILES string of the molecule is CCCCOc1ccc(-c2ccc(OCCCCCCCCC(CO)CO)cc2)cc1. The van der Waals surface area contributed by atoms with Gasteiger partial charge in [0.25, 0.3) is 0 Å². The number of benzene rings is 2. The van der Waals surface area contributed by atoms with Gasteiger partial charge in [-0.05, 0) is 54.7 Å². The first-order valence-electron chi connectivity index (χ1n) is 11.9. The summed E-state index contributed by atoms with van der Waals surface area (Å²) in [5.41, 5.74) is 2.36. The van der Waals surface area contributed by atoms with E-state index in [2.05, 4.69) is 31.2 Å². The van der Waals surface area contributed by atoms with Gasteiger partial charge in [-0.2, -0.15) is 0 Å². The van der Waals surface area contributed by atoms with Crippen LogP contribution in [0.15, 0.2) is 48.5 Å². The zero-order valence-corrected chi connectivity index (χ0v) is 19.1. The predicted molar refractivity (Wildman–Crippen MR) is 128 cm³/mol. The van der Waals surface area contributed by atoms with Crippen molar-refractivity contribution >= 4 is 0 Å². The molecule has 0 atom stereocenters. The second-order valence-corrected chi connectivity index (χ2v) is 8.24. The van der Waals surface area contributed by atoms with Crippen LogP contribution < -0.4 is 9.47 Å². The fraction of sp³-hybridized carbons (Fsp3) is 0.556. The van der Waals surface area contributed by atoms with Gasteiger partial charge in [0.05, 0.1) is 13.2 Å². The second kappa shape index (κ2) is 15.7. The zero-order chi connectivity index (χ0) is 22.2. The highest BCUT2D eigenvalue weighted by atomic mass is 16.5. The standard InChI is InChI=1S/C27H40O4/c1-2-3-19-30-26-15-11-24(12-16-26)25-13-17-27(18-14-25)31-20-9-7-5-4-6-8-10-23(21-28)22-29/h11-18,23,28-29H,2-10,19-22H2,1H3. The normalized spacial score (nSPS) is 11.1. The van der Waals surface area contributed by atoms with Gasteiger partial charge in [-0.3, -0.25) is 0 Å². The minimum atomic E-state index is 0.0590. The van der Waals surface area contributed by atoms with E-state index in [1.165, 1.54) is 36.8 Å². The highest BCUT2D eigenvalue weighted by Gasteiger charge is 2.04. The molecule has 0 amide bonds. The van der Waals surface area contributed by atoms with Gasteiger partial charge in [0.15, 0.2) is 0 Å². The van der Waals surface area contributed by atoms with Crippen LogP contribution in [0, 0.1) is 5.92 Å². The third kappa shape index (κ3) is 10.2. The molecule has 2 aromatic carbocycles. The van der Waals surface area contributed by atoms with Crippen LogP contribution in [0.25, 0.3) is 11.1 Å². The molecule has 0 unspecified atom stereocenters. The van der Waals surface area contributed by atoms with Gasteiger partial charge in [-0.15, -0.1) is 0 Å². The van der Waals surface area contributed by atoms with Crippen molar-refractivity contribution in [2.75, 3.05) is 26.4 Å². The number of hydrogen-bond donors (Lipinski definition) is 2. The molecule has 0 aromatic heterocycles. The first-order valence-corrected chi connectivity index (χ1v) is 11.9. The van der Waals surface area contributed by atoms with Crippen LogP contribution >= 0.6 is 0 Å². The average molecular weight is 429 g/mol. The molecule has 0 spiro atoms. The average Bonchev–Trinajstić information content (AvgIpc) is 2.81. The molecule has 0 fully saturated rings. The highest BCUT2D eigenvalue weighted by molar-refractivity contribution is 5.64. The summed E-state index contributed by atoms with van der Waals surface area (Å²) in [7, 11) is 0. The molecule has 4 heteroatoms. The van der Waals surface area contributed by atoms with E-state index < -0.39 is 0 Å².